The Bertz CT molecular complexity index is 861. The van der Waals surface area contributed by atoms with Crippen LogP contribution in [0.15, 0.2) is 66.9 Å². The highest BCUT2D eigenvalue weighted by molar-refractivity contribution is 5.49. The fraction of sp³-hybridized carbons (Fsp3) is 0.238. The third kappa shape index (κ3) is 4.34. The molecule has 0 atom stereocenters. The molecule has 1 aliphatic rings. The highest BCUT2D eigenvalue weighted by Crippen LogP contribution is 2.19. The molecule has 0 radical (unpaired) electrons. The van der Waals surface area contributed by atoms with Gasteiger partial charge in [-0.2, -0.15) is 4.98 Å². The van der Waals surface area contributed by atoms with Crippen LogP contribution in [0.4, 0.5) is 21.8 Å². The predicted molar refractivity (Wildman–Crippen MR) is 107 cm³/mol. The van der Waals surface area contributed by atoms with Crippen molar-refractivity contribution >= 4 is 17.5 Å². The van der Waals surface area contributed by atoms with E-state index in [1.54, 1.807) is 18.3 Å². The van der Waals surface area contributed by atoms with Crippen molar-refractivity contribution in [3.05, 3.63) is 78.2 Å². The van der Waals surface area contributed by atoms with Gasteiger partial charge in [0.25, 0.3) is 0 Å². The molecule has 4 rings (SSSR count). The first-order valence-electron chi connectivity index (χ1n) is 9.14. The Kier molecular flexibility index (Phi) is 5.14. The fourth-order valence-corrected chi connectivity index (χ4v) is 3.20. The lowest BCUT2D eigenvalue weighted by Crippen LogP contribution is -2.47. The molecular weight excluding hydrogens is 341 g/mol. The number of halogens is 1. The minimum absolute atomic E-state index is 0.224. The standard InChI is InChI=1S/C21H22FN5/c22-18-8-6-17(7-9-18)16-24-20-10-11-23-21(25-20)27-14-12-26(13-15-27)19-4-2-1-3-5-19/h1-11H,12-16H2,(H,23,24,25). The molecule has 0 bridgehead atoms. The van der Waals surface area contributed by atoms with Crippen LogP contribution in [-0.2, 0) is 6.54 Å². The van der Waals surface area contributed by atoms with E-state index in [0.29, 0.717) is 6.54 Å². The van der Waals surface area contributed by atoms with E-state index in [9.17, 15) is 4.39 Å². The third-order valence-electron chi connectivity index (χ3n) is 4.71. The first-order chi connectivity index (χ1) is 13.3. The molecule has 1 fully saturated rings. The summed E-state index contributed by atoms with van der Waals surface area (Å²) in [5.41, 5.74) is 2.26. The maximum Gasteiger partial charge on any atom is 0.227 e. The molecule has 0 saturated carbocycles. The number of para-hydroxylation sites is 1. The van der Waals surface area contributed by atoms with Crippen LogP contribution >= 0.6 is 0 Å². The van der Waals surface area contributed by atoms with E-state index in [1.165, 1.54) is 17.8 Å². The van der Waals surface area contributed by atoms with Crippen LogP contribution in [0.1, 0.15) is 5.56 Å². The van der Waals surface area contributed by atoms with Crippen LogP contribution in [0.25, 0.3) is 0 Å². The Morgan fingerprint density at radius 3 is 2.30 bits per heavy atom. The van der Waals surface area contributed by atoms with Gasteiger partial charge >= 0.3 is 0 Å². The van der Waals surface area contributed by atoms with E-state index in [0.717, 1.165) is 43.5 Å². The van der Waals surface area contributed by atoms with Crippen LogP contribution in [0.3, 0.4) is 0 Å². The zero-order valence-electron chi connectivity index (χ0n) is 15.1. The second-order valence-corrected chi connectivity index (χ2v) is 6.53. The molecule has 27 heavy (non-hydrogen) atoms. The first-order valence-corrected chi connectivity index (χ1v) is 9.14. The molecule has 5 nitrogen and oxygen atoms in total. The Balaban J connectivity index is 1.36. The molecule has 0 spiro atoms. The molecule has 1 aromatic heterocycles. The van der Waals surface area contributed by atoms with E-state index in [4.69, 9.17) is 0 Å². The van der Waals surface area contributed by atoms with Crippen molar-refractivity contribution in [1.29, 1.82) is 0 Å². The predicted octanol–water partition coefficient (Wildman–Crippen LogP) is 3.55. The summed E-state index contributed by atoms with van der Waals surface area (Å²) in [5.74, 6) is 1.29. The first kappa shape index (κ1) is 17.3. The quantitative estimate of drug-likeness (QED) is 0.751. The number of hydrogen-bond donors (Lipinski definition) is 1. The summed E-state index contributed by atoms with van der Waals surface area (Å²) in [6.45, 7) is 4.26. The van der Waals surface area contributed by atoms with Gasteiger partial charge in [-0.25, -0.2) is 9.37 Å². The molecule has 0 amide bonds. The van der Waals surface area contributed by atoms with Crippen LogP contribution in [0, 0.1) is 5.82 Å². The van der Waals surface area contributed by atoms with Gasteiger partial charge in [-0.1, -0.05) is 30.3 Å². The maximum atomic E-state index is 13.0. The van der Waals surface area contributed by atoms with Gasteiger partial charge in [0.15, 0.2) is 0 Å². The lowest BCUT2D eigenvalue weighted by molar-refractivity contribution is 0.627. The van der Waals surface area contributed by atoms with E-state index in [2.05, 4.69) is 49.4 Å². The minimum atomic E-state index is -0.224. The van der Waals surface area contributed by atoms with Crippen molar-refractivity contribution < 1.29 is 4.39 Å². The lowest BCUT2D eigenvalue weighted by Gasteiger charge is -2.36. The number of rotatable bonds is 5. The zero-order chi connectivity index (χ0) is 18.5. The highest BCUT2D eigenvalue weighted by Gasteiger charge is 2.19. The van der Waals surface area contributed by atoms with E-state index in [-0.39, 0.29) is 5.82 Å². The van der Waals surface area contributed by atoms with Crippen LogP contribution in [0.5, 0.6) is 0 Å². The van der Waals surface area contributed by atoms with Gasteiger partial charge < -0.3 is 15.1 Å². The Morgan fingerprint density at radius 1 is 0.852 bits per heavy atom. The Labute approximate surface area is 158 Å². The Morgan fingerprint density at radius 2 is 1.56 bits per heavy atom. The van der Waals surface area contributed by atoms with Crippen LogP contribution in [-0.4, -0.2) is 36.1 Å². The van der Waals surface area contributed by atoms with Gasteiger partial charge in [-0.05, 0) is 35.9 Å². The van der Waals surface area contributed by atoms with Crippen LogP contribution < -0.4 is 15.1 Å². The second kappa shape index (κ2) is 8.03. The number of hydrogen-bond acceptors (Lipinski definition) is 5. The number of anilines is 3. The van der Waals surface area contributed by atoms with Crippen molar-refractivity contribution in [2.24, 2.45) is 0 Å². The fourth-order valence-electron chi connectivity index (χ4n) is 3.20. The SMILES string of the molecule is Fc1ccc(CNc2ccnc(N3CCN(c4ccccc4)CC3)n2)cc1. The van der Waals surface area contributed by atoms with Gasteiger partial charge in [0.2, 0.25) is 5.95 Å². The molecule has 1 N–H and O–H groups in total. The summed E-state index contributed by atoms with van der Waals surface area (Å²) in [5, 5.41) is 3.28. The van der Waals surface area contributed by atoms with Gasteiger partial charge in [0.05, 0.1) is 0 Å². The third-order valence-corrected chi connectivity index (χ3v) is 4.71. The molecule has 2 aromatic carbocycles. The Hall–Kier alpha value is -3.15. The highest BCUT2D eigenvalue weighted by atomic mass is 19.1. The number of benzene rings is 2. The van der Waals surface area contributed by atoms with Crippen molar-refractivity contribution in [1.82, 2.24) is 9.97 Å². The summed E-state index contributed by atoms with van der Waals surface area (Å²) in [7, 11) is 0. The van der Waals surface area contributed by atoms with Gasteiger partial charge in [0, 0.05) is 44.6 Å². The molecule has 6 heteroatoms. The van der Waals surface area contributed by atoms with Gasteiger partial charge in [0.1, 0.15) is 11.6 Å². The van der Waals surface area contributed by atoms with Gasteiger partial charge in [-0.3, -0.25) is 0 Å². The molecule has 0 aliphatic carbocycles. The second-order valence-electron chi connectivity index (χ2n) is 6.53. The molecule has 1 aliphatic heterocycles. The summed E-state index contributed by atoms with van der Waals surface area (Å²) in [6.07, 6.45) is 1.78. The zero-order valence-corrected chi connectivity index (χ0v) is 15.1. The van der Waals surface area contributed by atoms with E-state index < -0.39 is 0 Å². The van der Waals surface area contributed by atoms with E-state index in [1.807, 2.05) is 12.1 Å². The van der Waals surface area contributed by atoms with Gasteiger partial charge in [-0.15, -0.1) is 0 Å². The number of nitrogens with zero attached hydrogens (tertiary/aromatic N) is 4. The summed E-state index contributed by atoms with van der Waals surface area (Å²) in [4.78, 5) is 13.7. The summed E-state index contributed by atoms with van der Waals surface area (Å²) in [6, 6.07) is 18.8. The normalized spacial score (nSPS) is 14.3. The van der Waals surface area contributed by atoms with Crippen LogP contribution in [0.2, 0.25) is 0 Å². The van der Waals surface area contributed by atoms with Crippen molar-refractivity contribution in [3.8, 4) is 0 Å². The molecule has 1 saturated heterocycles. The topological polar surface area (TPSA) is 44.3 Å². The molecule has 3 aromatic rings. The molecule has 2 heterocycles. The average Bonchev–Trinajstić information content (AvgIpc) is 2.74. The number of nitrogens with one attached hydrogen (secondary N) is 1. The van der Waals surface area contributed by atoms with Crippen molar-refractivity contribution in [2.75, 3.05) is 41.3 Å². The average molecular weight is 363 g/mol. The molecular formula is C21H22FN5. The summed E-state index contributed by atoms with van der Waals surface area (Å²) < 4.78 is 13.0. The maximum absolute atomic E-state index is 13.0. The molecule has 0 unspecified atom stereocenters. The van der Waals surface area contributed by atoms with Crippen molar-refractivity contribution in [3.63, 3.8) is 0 Å². The monoisotopic (exact) mass is 363 g/mol. The largest absolute Gasteiger partial charge is 0.368 e. The number of aromatic nitrogens is 2. The minimum Gasteiger partial charge on any atom is -0.368 e. The number of piperazine rings is 1. The smallest absolute Gasteiger partial charge is 0.227 e. The molecule has 138 valence electrons. The summed E-state index contributed by atoms with van der Waals surface area (Å²) >= 11 is 0. The van der Waals surface area contributed by atoms with E-state index >= 15 is 0 Å². The van der Waals surface area contributed by atoms with Crippen molar-refractivity contribution in [2.45, 2.75) is 6.54 Å². The lowest BCUT2D eigenvalue weighted by atomic mass is 10.2.